The fourth-order valence-corrected chi connectivity index (χ4v) is 4.06. The van der Waals surface area contributed by atoms with Gasteiger partial charge in [-0.2, -0.15) is 10.4 Å². The van der Waals surface area contributed by atoms with Crippen LogP contribution in [0.2, 0.25) is 0 Å². The third-order valence-corrected chi connectivity index (χ3v) is 5.65. The van der Waals surface area contributed by atoms with Crippen molar-refractivity contribution in [1.29, 1.82) is 5.26 Å². The lowest BCUT2D eigenvalue weighted by Crippen LogP contribution is -2.50. The number of carbonyl (C=O) groups excluding carboxylic acids is 1. The zero-order valence-electron chi connectivity index (χ0n) is 16.4. The normalized spacial score (nSPS) is 20.1. The van der Waals surface area contributed by atoms with Crippen LogP contribution in [0.25, 0.3) is 0 Å². The lowest BCUT2D eigenvalue weighted by atomic mass is 10.1. The van der Waals surface area contributed by atoms with Gasteiger partial charge in [-0.05, 0) is 31.5 Å². The molecule has 0 spiro atoms. The quantitative estimate of drug-likeness (QED) is 0.836. The first-order valence-electron chi connectivity index (χ1n) is 9.87. The van der Waals surface area contributed by atoms with Crippen LogP contribution in [-0.2, 0) is 11.3 Å². The van der Waals surface area contributed by atoms with Crippen molar-refractivity contribution in [2.75, 3.05) is 44.2 Å². The molecule has 0 aliphatic carbocycles. The average Bonchev–Trinajstić information content (AvgIpc) is 3.37. The molecule has 4 rings (SSSR count). The Morgan fingerprint density at radius 3 is 2.76 bits per heavy atom. The molecule has 1 unspecified atom stereocenters. The molecule has 1 atom stereocenters. The van der Waals surface area contributed by atoms with Gasteiger partial charge < -0.3 is 9.80 Å². The Kier molecular flexibility index (Phi) is 5.45. The van der Waals surface area contributed by atoms with Gasteiger partial charge in [0, 0.05) is 39.3 Å². The van der Waals surface area contributed by atoms with E-state index in [-0.39, 0.29) is 11.8 Å². The Balaban J connectivity index is 1.30. The number of H-pyrrole nitrogens is 1. The second kappa shape index (κ2) is 8.17. The molecule has 8 nitrogen and oxygen atoms in total. The number of rotatable bonds is 4. The van der Waals surface area contributed by atoms with Crippen LogP contribution in [0.5, 0.6) is 0 Å². The summed E-state index contributed by atoms with van der Waals surface area (Å²) in [5, 5.41) is 15.9. The lowest BCUT2D eigenvalue weighted by molar-refractivity contribution is -0.136. The third-order valence-electron chi connectivity index (χ3n) is 5.65. The van der Waals surface area contributed by atoms with Crippen LogP contribution in [-0.4, -0.2) is 70.2 Å². The topological polar surface area (TPSA) is 92.2 Å². The van der Waals surface area contributed by atoms with Crippen LogP contribution in [0, 0.1) is 30.0 Å². The lowest BCUT2D eigenvalue weighted by Gasteiger charge is -2.35. The summed E-state index contributed by atoms with van der Waals surface area (Å²) in [6.07, 6.45) is 0.717. The summed E-state index contributed by atoms with van der Waals surface area (Å²) in [6.45, 7) is 6.67. The smallest absolute Gasteiger partial charge is 0.227 e. The number of nitrogens with zero attached hydrogens (tertiary/aromatic N) is 6. The van der Waals surface area contributed by atoms with Crippen molar-refractivity contribution in [2.24, 2.45) is 5.92 Å². The van der Waals surface area contributed by atoms with Gasteiger partial charge >= 0.3 is 0 Å². The van der Waals surface area contributed by atoms with Crippen molar-refractivity contribution in [3.05, 3.63) is 41.2 Å². The molecule has 2 aliphatic rings. The molecule has 1 aromatic carbocycles. The predicted molar refractivity (Wildman–Crippen MR) is 104 cm³/mol. The van der Waals surface area contributed by atoms with E-state index in [0.717, 1.165) is 31.2 Å². The number of nitrogens with one attached hydrogen (secondary N) is 1. The van der Waals surface area contributed by atoms with Gasteiger partial charge in [0.05, 0.1) is 29.8 Å². The average molecular weight is 397 g/mol. The Morgan fingerprint density at radius 1 is 1.31 bits per heavy atom. The number of aromatic nitrogens is 3. The van der Waals surface area contributed by atoms with Gasteiger partial charge in [-0.3, -0.25) is 14.8 Å². The van der Waals surface area contributed by atoms with Crippen molar-refractivity contribution < 1.29 is 9.18 Å². The van der Waals surface area contributed by atoms with Gasteiger partial charge in [0.2, 0.25) is 5.91 Å². The van der Waals surface area contributed by atoms with E-state index in [1.54, 1.807) is 12.1 Å². The number of amides is 1. The molecule has 29 heavy (non-hydrogen) atoms. The van der Waals surface area contributed by atoms with E-state index in [0.29, 0.717) is 44.0 Å². The molecule has 2 fully saturated rings. The molecule has 0 radical (unpaired) electrons. The molecule has 1 aromatic heterocycles. The number of hydrogen-bond acceptors (Lipinski definition) is 6. The molecule has 2 aliphatic heterocycles. The molecular weight excluding hydrogens is 373 g/mol. The summed E-state index contributed by atoms with van der Waals surface area (Å²) < 4.78 is 14.3. The first kappa shape index (κ1) is 19.3. The van der Waals surface area contributed by atoms with Crippen molar-refractivity contribution in [1.82, 2.24) is 25.0 Å². The summed E-state index contributed by atoms with van der Waals surface area (Å²) in [4.78, 5) is 23.4. The number of nitriles is 1. The Hall–Kier alpha value is -2.99. The van der Waals surface area contributed by atoms with Gasteiger partial charge in [0.25, 0.3) is 0 Å². The molecule has 1 amide bonds. The van der Waals surface area contributed by atoms with Crippen molar-refractivity contribution >= 4 is 11.6 Å². The highest BCUT2D eigenvalue weighted by Gasteiger charge is 2.33. The molecule has 0 saturated carbocycles. The van der Waals surface area contributed by atoms with Crippen molar-refractivity contribution in [3.8, 4) is 6.07 Å². The second-order valence-corrected chi connectivity index (χ2v) is 7.65. The largest absolute Gasteiger partial charge is 0.368 e. The monoisotopic (exact) mass is 397 g/mol. The van der Waals surface area contributed by atoms with Crippen LogP contribution in [0.15, 0.2) is 18.2 Å². The highest BCUT2D eigenvalue weighted by molar-refractivity contribution is 5.80. The van der Waals surface area contributed by atoms with E-state index in [1.165, 1.54) is 6.07 Å². The maximum absolute atomic E-state index is 14.3. The fraction of sp³-hybridized carbons (Fsp3) is 0.500. The maximum Gasteiger partial charge on any atom is 0.227 e. The van der Waals surface area contributed by atoms with Gasteiger partial charge in [0.1, 0.15) is 11.6 Å². The van der Waals surface area contributed by atoms with E-state index in [1.807, 2.05) is 22.8 Å². The molecule has 0 bridgehead atoms. The standard InChI is InChI=1S/C20H24FN7O/c1-14-23-19(25-24-14)13-26-6-8-27(9-7-26)20(29)16-4-5-28(12-16)18-3-2-15(11-22)10-17(18)21/h2-3,10,16H,4-9,12-13H2,1H3,(H,23,24,25). The van der Waals surface area contributed by atoms with E-state index >= 15 is 0 Å². The summed E-state index contributed by atoms with van der Waals surface area (Å²) >= 11 is 0. The summed E-state index contributed by atoms with van der Waals surface area (Å²) in [5.74, 6) is 1.20. The molecule has 1 N–H and O–H groups in total. The number of benzene rings is 1. The minimum absolute atomic E-state index is 0.118. The molecule has 3 heterocycles. The van der Waals surface area contributed by atoms with Gasteiger partial charge in [-0.1, -0.05) is 0 Å². The van der Waals surface area contributed by atoms with Gasteiger partial charge in [-0.25, -0.2) is 9.37 Å². The molecule has 2 aromatic rings. The van der Waals surface area contributed by atoms with Crippen LogP contribution >= 0.6 is 0 Å². The number of piperazine rings is 1. The highest BCUT2D eigenvalue weighted by Crippen LogP contribution is 2.28. The zero-order valence-corrected chi connectivity index (χ0v) is 16.4. The number of hydrogen-bond donors (Lipinski definition) is 1. The van der Waals surface area contributed by atoms with Crippen LogP contribution in [0.1, 0.15) is 23.6 Å². The summed E-state index contributed by atoms with van der Waals surface area (Å²) in [6, 6.07) is 6.43. The highest BCUT2D eigenvalue weighted by atomic mass is 19.1. The fourth-order valence-electron chi connectivity index (χ4n) is 4.06. The van der Waals surface area contributed by atoms with Crippen LogP contribution in [0.3, 0.4) is 0 Å². The summed E-state index contributed by atoms with van der Waals surface area (Å²) in [5.41, 5.74) is 0.766. The van der Waals surface area contributed by atoms with Crippen molar-refractivity contribution in [3.63, 3.8) is 0 Å². The van der Waals surface area contributed by atoms with E-state index in [9.17, 15) is 9.18 Å². The zero-order chi connectivity index (χ0) is 20.4. The SMILES string of the molecule is Cc1nc(CN2CCN(C(=O)C3CCN(c4ccc(C#N)cc4F)C3)CC2)n[nH]1. The third kappa shape index (κ3) is 4.22. The molecule has 152 valence electrons. The first-order valence-corrected chi connectivity index (χ1v) is 9.87. The molecular formula is C20H24FN7O. The van der Waals surface area contributed by atoms with E-state index < -0.39 is 5.82 Å². The van der Waals surface area contributed by atoms with E-state index in [2.05, 4.69) is 20.1 Å². The number of halogens is 1. The van der Waals surface area contributed by atoms with E-state index in [4.69, 9.17) is 5.26 Å². The summed E-state index contributed by atoms with van der Waals surface area (Å²) in [7, 11) is 0. The number of anilines is 1. The second-order valence-electron chi connectivity index (χ2n) is 7.65. The Labute approximate surface area is 168 Å². The first-order chi connectivity index (χ1) is 14.0. The minimum atomic E-state index is -0.409. The van der Waals surface area contributed by atoms with Gasteiger partial charge in [-0.15, -0.1) is 0 Å². The molecule has 2 saturated heterocycles. The Bertz CT molecular complexity index is 929. The number of carbonyl (C=O) groups is 1. The van der Waals surface area contributed by atoms with Crippen LogP contribution in [0.4, 0.5) is 10.1 Å². The predicted octanol–water partition coefficient (Wildman–Crippen LogP) is 1.29. The number of aryl methyl sites for hydroxylation is 1. The maximum atomic E-state index is 14.3. The number of aromatic amines is 1. The molecule has 9 heteroatoms. The van der Waals surface area contributed by atoms with Crippen LogP contribution < -0.4 is 4.90 Å². The van der Waals surface area contributed by atoms with Gasteiger partial charge in [0.15, 0.2) is 5.82 Å². The van der Waals surface area contributed by atoms with Crippen molar-refractivity contribution in [2.45, 2.75) is 19.9 Å². The Morgan fingerprint density at radius 2 is 2.10 bits per heavy atom. The minimum Gasteiger partial charge on any atom is -0.368 e.